The second-order valence-corrected chi connectivity index (χ2v) is 7.49. The summed E-state index contributed by atoms with van der Waals surface area (Å²) in [5, 5.41) is 2.66. The van der Waals surface area contributed by atoms with Gasteiger partial charge in [0.1, 0.15) is 0 Å². The highest BCUT2D eigenvalue weighted by molar-refractivity contribution is 9.10. The van der Waals surface area contributed by atoms with Crippen molar-refractivity contribution in [1.82, 2.24) is 21.1 Å². The molecule has 6 nitrogen and oxygen atoms in total. The Kier molecular flexibility index (Phi) is 5.92. The second kappa shape index (κ2) is 9.53. The summed E-state index contributed by atoms with van der Waals surface area (Å²) in [6, 6.07) is 15.8. The molecule has 0 aromatic heterocycles. The van der Waals surface area contributed by atoms with Gasteiger partial charge in [-0.25, -0.2) is 10.2 Å². The van der Waals surface area contributed by atoms with Crippen molar-refractivity contribution in [3.63, 3.8) is 0 Å². The predicted octanol–water partition coefficient (Wildman–Crippen LogP) is 2.92. The number of rotatable bonds is 5. The normalized spacial score (nSPS) is 17.7. The van der Waals surface area contributed by atoms with E-state index in [1.807, 2.05) is 18.2 Å². The Labute approximate surface area is 170 Å². The molecule has 1 aliphatic rings. The van der Waals surface area contributed by atoms with Crippen molar-refractivity contribution in [3.05, 3.63) is 70.2 Å². The molecule has 0 radical (unpaired) electrons. The fraction of sp³-hybridized carbons (Fsp3) is 0.300. The monoisotopic (exact) mass is 432 g/mol. The molecule has 0 bridgehead atoms. The zero-order chi connectivity index (χ0) is 20.8. The first-order valence-electron chi connectivity index (χ1n) is 9.75. The molecule has 1 aliphatic heterocycles. The van der Waals surface area contributed by atoms with E-state index in [1.165, 1.54) is 17.7 Å². The van der Waals surface area contributed by atoms with Crippen molar-refractivity contribution in [3.8, 4) is 0 Å². The number of carbonyl (C=O) groups is 2. The summed E-state index contributed by atoms with van der Waals surface area (Å²) in [5.41, 5.74) is 1.96. The van der Waals surface area contributed by atoms with Crippen LogP contribution in [0, 0.1) is 5.92 Å². The number of hydrogen-bond donors (Lipinski definition) is 3. The second-order valence-electron chi connectivity index (χ2n) is 6.57. The van der Waals surface area contributed by atoms with E-state index in [0.717, 1.165) is 30.5 Å². The zero-order valence-electron chi connectivity index (χ0n) is 16.8. The predicted molar refractivity (Wildman–Crippen MR) is 108 cm³/mol. The molecule has 0 unspecified atom stereocenters. The first-order valence-corrected chi connectivity index (χ1v) is 9.65. The minimum absolute atomic E-state index is 0.223. The molecule has 0 spiro atoms. The molecule has 27 heavy (non-hydrogen) atoms. The number of likely N-dealkylation sites (tertiary alicyclic amines) is 1. The van der Waals surface area contributed by atoms with Crippen molar-refractivity contribution in [2.45, 2.75) is 13.0 Å². The quantitative estimate of drug-likeness (QED) is 0.635. The van der Waals surface area contributed by atoms with Crippen molar-refractivity contribution in [2.24, 2.45) is 5.92 Å². The van der Waals surface area contributed by atoms with E-state index < -0.39 is 11.9 Å². The summed E-state index contributed by atoms with van der Waals surface area (Å²) in [6.07, 6.45) is 0.952. The summed E-state index contributed by atoms with van der Waals surface area (Å²) < 4.78 is 16.4. The molecule has 0 saturated carbocycles. The Morgan fingerprint density at radius 3 is 2.59 bits per heavy atom. The van der Waals surface area contributed by atoms with E-state index in [0.29, 0.717) is 6.54 Å². The van der Waals surface area contributed by atoms with Crippen molar-refractivity contribution < 1.29 is 12.4 Å². The largest absolute Gasteiger partial charge is 0.336 e. The summed E-state index contributed by atoms with van der Waals surface area (Å²) in [5.74, 6) is -0.477. The third kappa shape index (κ3) is 6.08. The van der Waals surface area contributed by atoms with Crippen LogP contribution < -0.4 is 16.2 Å². The molecule has 3 amide bonds. The minimum atomic E-state index is -0.799. The Bertz CT molecular complexity index is 838. The Morgan fingerprint density at radius 2 is 1.85 bits per heavy atom. The molecule has 1 heterocycles. The maximum atomic E-state index is 12.3. The standard InChI is InChI=1S/C20H23BrN4O2/c21-18-8-6-17(7-9-18)19(26)23-24-20(27)22-12-16-10-11-25(14-16)13-15-4-2-1-3-5-15/h1-9,16H,10-14H2,(H,23,26)(H2,22,24,27)/t16-/m1/s1/i/hD2. The molecular weight excluding hydrogens is 408 g/mol. The number of benzene rings is 2. The van der Waals surface area contributed by atoms with Gasteiger partial charge < -0.3 is 5.32 Å². The van der Waals surface area contributed by atoms with E-state index in [2.05, 4.69) is 38.3 Å². The number of urea groups is 1. The Balaban J connectivity index is 1.45. The van der Waals surface area contributed by atoms with Crippen LogP contribution in [0.1, 0.15) is 22.3 Å². The Hall–Kier alpha value is -2.38. The fourth-order valence-electron chi connectivity index (χ4n) is 3.07. The number of carbonyl (C=O) groups excluding carboxylic acids is 2. The first kappa shape index (κ1) is 16.8. The number of halogens is 1. The van der Waals surface area contributed by atoms with Crippen LogP contribution >= 0.6 is 15.9 Å². The molecule has 3 N–H and O–H groups in total. The maximum Gasteiger partial charge on any atom is 0.333 e. The fourth-order valence-corrected chi connectivity index (χ4v) is 3.34. The topological polar surface area (TPSA) is 73.5 Å². The van der Waals surface area contributed by atoms with Crippen LogP contribution in [-0.4, -0.2) is 36.5 Å². The lowest BCUT2D eigenvalue weighted by molar-refractivity contribution is 0.0936. The van der Waals surface area contributed by atoms with Gasteiger partial charge in [-0.3, -0.25) is 15.1 Å². The number of hydrogen-bond acceptors (Lipinski definition) is 3. The lowest BCUT2D eigenvalue weighted by Crippen LogP contribution is -2.48. The third-order valence-electron chi connectivity index (χ3n) is 4.48. The van der Waals surface area contributed by atoms with Crippen LogP contribution in [0.2, 0.25) is 2.82 Å². The highest BCUT2D eigenvalue weighted by atomic mass is 79.9. The molecule has 1 atom stereocenters. The van der Waals surface area contributed by atoms with Crippen LogP contribution in [-0.2, 0) is 6.54 Å². The molecule has 0 aliphatic carbocycles. The first-order chi connectivity index (χ1) is 13.9. The van der Waals surface area contributed by atoms with Crippen LogP contribution in [0.5, 0.6) is 0 Å². The van der Waals surface area contributed by atoms with E-state index >= 15 is 0 Å². The highest BCUT2D eigenvalue weighted by Gasteiger charge is 2.22. The van der Waals surface area contributed by atoms with Gasteiger partial charge >= 0.3 is 6.03 Å². The van der Waals surface area contributed by atoms with Crippen molar-refractivity contribution >= 4 is 27.9 Å². The highest BCUT2D eigenvalue weighted by Crippen LogP contribution is 2.18. The van der Waals surface area contributed by atoms with Gasteiger partial charge in [-0.2, -0.15) is 0 Å². The van der Waals surface area contributed by atoms with Gasteiger partial charge in [-0.15, -0.1) is 0 Å². The van der Waals surface area contributed by atoms with Crippen LogP contribution in [0.3, 0.4) is 0 Å². The molecule has 2 aromatic rings. The SMILES string of the molecule is [2H]N(C(=O)NC[C@H]1CCN(Cc2ccccc2)C1)N([2H])C(=O)c1ccc(Br)cc1. The molecule has 2 aromatic carbocycles. The molecule has 7 heteroatoms. The van der Waals surface area contributed by atoms with Gasteiger partial charge in [-0.1, -0.05) is 46.3 Å². The van der Waals surface area contributed by atoms with Crippen LogP contribution in [0.4, 0.5) is 4.79 Å². The number of hydrazine groups is 1. The zero-order valence-corrected chi connectivity index (χ0v) is 16.4. The van der Waals surface area contributed by atoms with Gasteiger partial charge in [0.2, 0.25) is 0 Å². The van der Waals surface area contributed by atoms with Crippen LogP contribution in [0.25, 0.3) is 0 Å². The average Bonchev–Trinajstić information content (AvgIpc) is 3.19. The maximum absolute atomic E-state index is 12.3. The summed E-state index contributed by atoms with van der Waals surface area (Å²) in [7, 11) is 0. The van der Waals surface area contributed by atoms with Crippen molar-refractivity contribution in [1.29, 1.82) is 0 Å². The van der Waals surface area contributed by atoms with E-state index in [-0.39, 0.29) is 22.3 Å². The van der Waals surface area contributed by atoms with Gasteiger partial charge in [0.05, 0.1) is 0 Å². The van der Waals surface area contributed by atoms with Crippen LogP contribution in [0.15, 0.2) is 59.1 Å². The number of nitrogens with zero attached hydrogens (tertiary/aromatic N) is 1. The smallest absolute Gasteiger partial charge is 0.333 e. The van der Waals surface area contributed by atoms with Crippen molar-refractivity contribution in [2.75, 3.05) is 19.6 Å². The molecule has 1 fully saturated rings. The molecule has 142 valence electrons. The molecular formula is C20H23BrN4O2. The number of nitrogens with one attached hydrogen (secondary N) is 3. The van der Waals surface area contributed by atoms with Gasteiger partial charge in [0.25, 0.3) is 5.91 Å². The van der Waals surface area contributed by atoms with Gasteiger partial charge in [0, 0.05) is 29.7 Å². The van der Waals surface area contributed by atoms with Gasteiger partial charge in [0.15, 0.2) is 2.82 Å². The van der Waals surface area contributed by atoms with E-state index in [4.69, 9.17) is 2.82 Å². The lowest BCUT2D eigenvalue weighted by atomic mass is 10.1. The Morgan fingerprint density at radius 1 is 1.11 bits per heavy atom. The third-order valence-corrected chi connectivity index (χ3v) is 5.01. The van der Waals surface area contributed by atoms with E-state index in [1.54, 1.807) is 12.1 Å². The van der Waals surface area contributed by atoms with Gasteiger partial charge in [-0.05, 0) is 48.7 Å². The minimum Gasteiger partial charge on any atom is -0.336 e. The summed E-state index contributed by atoms with van der Waals surface area (Å²) in [6.45, 7) is 3.08. The number of amides is 3. The van der Waals surface area contributed by atoms with E-state index in [9.17, 15) is 9.59 Å². The average molecular weight is 433 g/mol. The molecule has 1 saturated heterocycles. The summed E-state index contributed by atoms with van der Waals surface area (Å²) in [4.78, 5) is 26.8. The molecule has 3 rings (SSSR count). The summed E-state index contributed by atoms with van der Waals surface area (Å²) >= 11 is 3.27. The lowest BCUT2D eigenvalue weighted by Gasteiger charge is -2.16.